The number of anilines is 1. The fraction of sp³-hybridized carbons (Fsp3) is 0.267. The van der Waals surface area contributed by atoms with Crippen LogP contribution in [0.1, 0.15) is 11.1 Å². The van der Waals surface area contributed by atoms with Crippen molar-refractivity contribution in [3.05, 3.63) is 53.9 Å². The Morgan fingerprint density at radius 1 is 1.12 bits per heavy atom. The van der Waals surface area contributed by atoms with Gasteiger partial charge in [-0.25, -0.2) is 4.31 Å². The molecule has 128 valence electrons. The quantitative estimate of drug-likeness (QED) is 0.775. The fourth-order valence-corrected chi connectivity index (χ4v) is 3.72. The SMILES string of the molecule is Cc1cccc2c1C1(C=CN(S(=O)(=O)C(F)(F)F)C=C1)C(=O)N2C. The van der Waals surface area contributed by atoms with Crippen LogP contribution in [0.25, 0.3) is 0 Å². The highest BCUT2D eigenvalue weighted by atomic mass is 32.2. The van der Waals surface area contributed by atoms with E-state index in [1.165, 1.54) is 17.1 Å². The van der Waals surface area contributed by atoms with Gasteiger partial charge in [-0.05, 0) is 30.7 Å². The highest BCUT2D eigenvalue weighted by molar-refractivity contribution is 7.90. The number of rotatable bonds is 1. The van der Waals surface area contributed by atoms with E-state index in [0.717, 1.165) is 18.0 Å². The van der Waals surface area contributed by atoms with Gasteiger partial charge >= 0.3 is 15.5 Å². The number of fused-ring (bicyclic) bond motifs is 2. The lowest BCUT2D eigenvalue weighted by Crippen LogP contribution is -2.41. The van der Waals surface area contributed by atoms with Crippen molar-refractivity contribution in [3.63, 3.8) is 0 Å². The zero-order valence-electron chi connectivity index (χ0n) is 12.7. The summed E-state index contributed by atoms with van der Waals surface area (Å²) in [5.41, 5.74) is -4.66. The van der Waals surface area contributed by atoms with Crippen molar-refractivity contribution in [1.29, 1.82) is 0 Å². The first kappa shape index (κ1) is 16.6. The predicted octanol–water partition coefficient (Wildman–Crippen LogP) is 2.40. The van der Waals surface area contributed by atoms with E-state index >= 15 is 0 Å². The van der Waals surface area contributed by atoms with Gasteiger partial charge in [-0.15, -0.1) is 0 Å². The molecule has 0 bridgehead atoms. The van der Waals surface area contributed by atoms with Gasteiger partial charge in [0.05, 0.1) is 0 Å². The summed E-state index contributed by atoms with van der Waals surface area (Å²) in [7, 11) is -3.96. The van der Waals surface area contributed by atoms with Crippen LogP contribution < -0.4 is 4.90 Å². The van der Waals surface area contributed by atoms with E-state index in [4.69, 9.17) is 0 Å². The van der Waals surface area contributed by atoms with Crippen LogP contribution in [-0.2, 0) is 20.2 Å². The molecule has 0 atom stereocenters. The van der Waals surface area contributed by atoms with E-state index in [0.29, 0.717) is 11.3 Å². The molecule has 0 N–H and O–H groups in total. The summed E-state index contributed by atoms with van der Waals surface area (Å²) in [5, 5.41) is 0. The summed E-state index contributed by atoms with van der Waals surface area (Å²) in [6.45, 7) is 1.79. The minimum Gasteiger partial charge on any atom is -0.314 e. The lowest BCUT2D eigenvalue weighted by Gasteiger charge is -2.28. The molecule has 0 fully saturated rings. The van der Waals surface area contributed by atoms with E-state index in [1.807, 2.05) is 0 Å². The number of carbonyl (C=O) groups is 1. The summed E-state index contributed by atoms with van der Waals surface area (Å²) in [6.07, 6.45) is 3.92. The van der Waals surface area contributed by atoms with Crippen molar-refractivity contribution in [3.8, 4) is 0 Å². The normalized spacial score (nSPS) is 19.3. The molecule has 0 aromatic heterocycles. The Labute approximate surface area is 136 Å². The molecule has 1 amide bonds. The highest BCUT2D eigenvalue weighted by Gasteiger charge is 2.52. The van der Waals surface area contributed by atoms with Gasteiger partial charge in [0.2, 0.25) is 5.91 Å². The molecular weight excluding hydrogens is 345 g/mol. The Balaban J connectivity index is 2.11. The van der Waals surface area contributed by atoms with Gasteiger partial charge in [0, 0.05) is 30.7 Å². The average Bonchev–Trinajstić information content (AvgIpc) is 2.71. The smallest absolute Gasteiger partial charge is 0.314 e. The maximum absolute atomic E-state index is 12.7. The van der Waals surface area contributed by atoms with E-state index in [-0.39, 0.29) is 10.2 Å². The molecule has 2 heterocycles. The molecule has 0 saturated carbocycles. The van der Waals surface area contributed by atoms with Gasteiger partial charge in [0.1, 0.15) is 5.41 Å². The van der Waals surface area contributed by atoms with Gasteiger partial charge < -0.3 is 4.90 Å². The van der Waals surface area contributed by atoms with Crippen LogP contribution in [0.4, 0.5) is 18.9 Å². The zero-order valence-corrected chi connectivity index (χ0v) is 13.5. The number of hydrogen-bond acceptors (Lipinski definition) is 3. The van der Waals surface area contributed by atoms with Crippen LogP contribution in [0, 0.1) is 6.92 Å². The molecule has 0 saturated heterocycles. The Bertz CT molecular complexity index is 874. The summed E-state index contributed by atoms with van der Waals surface area (Å²) >= 11 is 0. The second-order valence-corrected chi connectivity index (χ2v) is 7.45. The van der Waals surface area contributed by atoms with E-state index in [9.17, 15) is 26.4 Å². The van der Waals surface area contributed by atoms with Crippen molar-refractivity contribution in [2.75, 3.05) is 11.9 Å². The molecule has 0 unspecified atom stereocenters. The van der Waals surface area contributed by atoms with Crippen LogP contribution >= 0.6 is 0 Å². The van der Waals surface area contributed by atoms with Crippen LogP contribution in [0.5, 0.6) is 0 Å². The summed E-state index contributed by atoms with van der Waals surface area (Å²) in [4.78, 5) is 14.1. The Morgan fingerprint density at radius 3 is 2.25 bits per heavy atom. The highest BCUT2D eigenvalue weighted by Crippen LogP contribution is 2.46. The second kappa shape index (κ2) is 4.85. The van der Waals surface area contributed by atoms with Gasteiger partial charge in [-0.3, -0.25) is 4.79 Å². The fourth-order valence-electron chi connectivity index (χ4n) is 3.04. The summed E-state index contributed by atoms with van der Waals surface area (Å²) in [5.74, 6) is -0.358. The summed E-state index contributed by atoms with van der Waals surface area (Å²) in [6, 6.07) is 5.29. The first-order chi connectivity index (χ1) is 11.0. The van der Waals surface area contributed by atoms with E-state index < -0.39 is 20.9 Å². The number of hydrogen-bond donors (Lipinski definition) is 0. The standard InChI is InChI=1S/C15H13F3N2O3S/c1-10-4-3-5-11-12(10)14(13(21)19(11)2)6-8-20(9-7-14)24(22,23)15(16,17)18/h3-9H,1-2H3. The molecule has 0 radical (unpaired) electrons. The number of amides is 1. The molecule has 24 heavy (non-hydrogen) atoms. The third-order valence-electron chi connectivity index (χ3n) is 4.22. The molecule has 9 heteroatoms. The Morgan fingerprint density at radius 2 is 1.71 bits per heavy atom. The topological polar surface area (TPSA) is 57.7 Å². The molecule has 0 aliphatic carbocycles. The first-order valence-electron chi connectivity index (χ1n) is 6.89. The average molecular weight is 358 g/mol. The third-order valence-corrected chi connectivity index (χ3v) is 5.61. The van der Waals surface area contributed by atoms with Crippen LogP contribution in [-0.4, -0.2) is 31.2 Å². The predicted molar refractivity (Wildman–Crippen MR) is 81.4 cm³/mol. The third kappa shape index (κ3) is 2.00. The number of aryl methyl sites for hydroxylation is 1. The number of benzene rings is 1. The Kier molecular flexibility index (Phi) is 3.35. The largest absolute Gasteiger partial charge is 0.517 e. The number of likely N-dealkylation sites (N-methyl/N-ethyl adjacent to an activating group) is 1. The van der Waals surface area contributed by atoms with Gasteiger partial charge in [-0.1, -0.05) is 12.1 Å². The van der Waals surface area contributed by atoms with Gasteiger partial charge in [0.15, 0.2) is 0 Å². The molecule has 1 aromatic carbocycles. The van der Waals surface area contributed by atoms with Crippen molar-refractivity contribution >= 4 is 21.6 Å². The molecule has 1 spiro atoms. The number of carbonyl (C=O) groups excluding carboxylic acids is 1. The number of alkyl halides is 3. The van der Waals surface area contributed by atoms with E-state index in [1.54, 1.807) is 32.2 Å². The molecule has 5 nitrogen and oxygen atoms in total. The molecule has 1 aromatic rings. The lowest BCUT2D eigenvalue weighted by atomic mass is 9.78. The van der Waals surface area contributed by atoms with Crippen molar-refractivity contribution in [2.45, 2.75) is 17.8 Å². The van der Waals surface area contributed by atoms with Crippen molar-refractivity contribution in [2.24, 2.45) is 0 Å². The maximum Gasteiger partial charge on any atom is 0.517 e. The zero-order chi connectivity index (χ0) is 17.9. The summed E-state index contributed by atoms with van der Waals surface area (Å²) < 4.78 is 61.0. The van der Waals surface area contributed by atoms with Crippen LogP contribution in [0.15, 0.2) is 42.8 Å². The lowest BCUT2D eigenvalue weighted by molar-refractivity contribution is -0.120. The number of halogens is 3. The van der Waals surface area contributed by atoms with Gasteiger partial charge in [0.25, 0.3) is 0 Å². The molecular formula is C15H13F3N2O3S. The van der Waals surface area contributed by atoms with Crippen LogP contribution in [0.3, 0.4) is 0 Å². The van der Waals surface area contributed by atoms with E-state index in [2.05, 4.69) is 0 Å². The molecule has 2 aliphatic rings. The monoisotopic (exact) mass is 358 g/mol. The minimum absolute atomic E-state index is 0.0712. The maximum atomic E-state index is 12.7. The number of nitrogens with zero attached hydrogens (tertiary/aromatic N) is 2. The molecule has 3 rings (SSSR count). The van der Waals surface area contributed by atoms with Crippen molar-refractivity contribution < 1.29 is 26.4 Å². The second-order valence-electron chi connectivity index (χ2n) is 5.61. The van der Waals surface area contributed by atoms with Crippen molar-refractivity contribution in [1.82, 2.24) is 4.31 Å². The number of sulfonamides is 1. The minimum atomic E-state index is -5.53. The van der Waals surface area contributed by atoms with Gasteiger partial charge in [-0.2, -0.15) is 21.6 Å². The Hall–Kier alpha value is -2.29. The first-order valence-corrected chi connectivity index (χ1v) is 8.33. The molecule has 2 aliphatic heterocycles. The van der Waals surface area contributed by atoms with Crippen LogP contribution in [0.2, 0.25) is 0 Å².